The Morgan fingerprint density at radius 3 is 2.89 bits per heavy atom. The zero-order chi connectivity index (χ0) is 13.2. The van der Waals surface area contributed by atoms with Crippen LogP contribution in [0.15, 0.2) is 24.3 Å². The second kappa shape index (κ2) is 5.24. The van der Waals surface area contributed by atoms with E-state index in [2.05, 4.69) is 35.3 Å². The Labute approximate surface area is 115 Å². The van der Waals surface area contributed by atoms with E-state index in [-0.39, 0.29) is 5.92 Å². The van der Waals surface area contributed by atoms with Crippen LogP contribution in [0.5, 0.6) is 0 Å². The van der Waals surface area contributed by atoms with E-state index in [0.29, 0.717) is 5.91 Å². The molecule has 1 saturated carbocycles. The lowest BCUT2D eigenvalue weighted by Gasteiger charge is -2.30. The predicted molar refractivity (Wildman–Crippen MR) is 77.1 cm³/mol. The lowest BCUT2D eigenvalue weighted by atomic mass is 9.93. The minimum Gasteiger partial charge on any atom is -0.384 e. The number of para-hydroxylation sites is 1. The Morgan fingerprint density at radius 1 is 1.37 bits per heavy atom. The van der Waals surface area contributed by atoms with Gasteiger partial charge in [-0.25, -0.2) is 0 Å². The largest absolute Gasteiger partial charge is 0.384 e. The lowest BCUT2D eigenvalue weighted by Crippen LogP contribution is -2.42. The van der Waals surface area contributed by atoms with Crippen molar-refractivity contribution in [2.24, 2.45) is 11.8 Å². The Hall–Kier alpha value is -1.51. The van der Waals surface area contributed by atoms with Crippen LogP contribution in [0.2, 0.25) is 0 Å². The summed E-state index contributed by atoms with van der Waals surface area (Å²) in [5.74, 6) is 1.21. The molecular weight excluding hydrogens is 236 g/mol. The van der Waals surface area contributed by atoms with Crippen LogP contribution in [0, 0.1) is 11.8 Å². The van der Waals surface area contributed by atoms with Gasteiger partial charge in [-0.3, -0.25) is 4.79 Å². The minimum absolute atomic E-state index is 0.105. The second-order valence-electron chi connectivity index (χ2n) is 5.76. The molecule has 3 heteroatoms. The van der Waals surface area contributed by atoms with Gasteiger partial charge in [-0.05, 0) is 43.7 Å². The first-order valence-corrected chi connectivity index (χ1v) is 7.38. The van der Waals surface area contributed by atoms with E-state index >= 15 is 0 Å². The zero-order valence-corrected chi connectivity index (χ0v) is 11.6. The number of nitrogens with one attached hydrogen (secondary N) is 1. The molecule has 0 bridgehead atoms. The van der Waals surface area contributed by atoms with Crippen molar-refractivity contribution in [2.75, 3.05) is 25.0 Å². The predicted octanol–water partition coefficient (Wildman–Crippen LogP) is 2.53. The number of amides is 1. The summed E-state index contributed by atoms with van der Waals surface area (Å²) in [6.45, 7) is 4.67. The zero-order valence-electron chi connectivity index (χ0n) is 11.6. The fourth-order valence-corrected chi connectivity index (χ4v) is 2.86. The average molecular weight is 258 g/mol. The monoisotopic (exact) mass is 258 g/mol. The third kappa shape index (κ3) is 2.75. The van der Waals surface area contributed by atoms with E-state index in [4.69, 9.17) is 0 Å². The molecule has 1 aliphatic heterocycles. The molecule has 1 heterocycles. The van der Waals surface area contributed by atoms with Crippen LogP contribution in [0.4, 0.5) is 5.69 Å². The molecule has 102 valence electrons. The van der Waals surface area contributed by atoms with Crippen LogP contribution in [-0.2, 0) is 11.2 Å². The fraction of sp³-hybridized carbons (Fsp3) is 0.562. The Balaban J connectivity index is 1.67. The van der Waals surface area contributed by atoms with Crippen molar-refractivity contribution < 1.29 is 4.79 Å². The van der Waals surface area contributed by atoms with E-state index < -0.39 is 0 Å². The van der Waals surface area contributed by atoms with Crippen LogP contribution in [0.25, 0.3) is 0 Å². The normalized spacial score (nSPS) is 21.4. The van der Waals surface area contributed by atoms with E-state index in [9.17, 15) is 4.79 Å². The minimum atomic E-state index is 0.105. The molecule has 1 atom stereocenters. The highest BCUT2D eigenvalue weighted by atomic mass is 16.2. The van der Waals surface area contributed by atoms with Crippen molar-refractivity contribution >= 4 is 11.6 Å². The van der Waals surface area contributed by atoms with Gasteiger partial charge in [0.15, 0.2) is 0 Å². The molecule has 1 fully saturated rings. The first-order valence-electron chi connectivity index (χ1n) is 7.38. The van der Waals surface area contributed by atoms with Crippen molar-refractivity contribution in [3.05, 3.63) is 29.8 Å². The molecule has 0 saturated heterocycles. The van der Waals surface area contributed by atoms with Crippen molar-refractivity contribution in [3.8, 4) is 0 Å². The van der Waals surface area contributed by atoms with E-state index in [0.717, 1.165) is 32.0 Å². The highest BCUT2D eigenvalue weighted by molar-refractivity contribution is 5.81. The van der Waals surface area contributed by atoms with E-state index in [1.54, 1.807) is 0 Å². The molecule has 19 heavy (non-hydrogen) atoms. The number of hydrogen-bond donors (Lipinski definition) is 1. The molecular formula is C16H22N2O. The molecule has 1 aromatic carbocycles. The Morgan fingerprint density at radius 2 is 2.16 bits per heavy atom. The number of nitrogens with zero attached hydrogens (tertiary/aromatic N) is 1. The maximum Gasteiger partial charge on any atom is 0.227 e. The molecule has 3 rings (SSSR count). The summed E-state index contributed by atoms with van der Waals surface area (Å²) >= 11 is 0. The van der Waals surface area contributed by atoms with Gasteiger partial charge in [-0.15, -0.1) is 0 Å². The van der Waals surface area contributed by atoms with Crippen molar-refractivity contribution in [1.82, 2.24) is 4.90 Å². The first-order chi connectivity index (χ1) is 9.28. The van der Waals surface area contributed by atoms with Crippen molar-refractivity contribution in [2.45, 2.75) is 26.2 Å². The summed E-state index contributed by atoms with van der Waals surface area (Å²) in [4.78, 5) is 14.6. The molecule has 1 amide bonds. The van der Waals surface area contributed by atoms with Gasteiger partial charge in [0, 0.05) is 25.3 Å². The van der Waals surface area contributed by atoms with Crippen LogP contribution >= 0.6 is 0 Å². The number of benzene rings is 1. The third-order valence-electron chi connectivity index (χ3n) is 4.24. The molecule has 1 aromatic rings. The number of carbonyl (C=O) groups excluding carboxylic acids is 1. The topological polar surface area (TPSA) is 32.3 Å². The summed E-state index contributed by atoms with van der Waals surface area (Å²) in [5.41, 5.74) is 2.46. The first kappa shape index (κ1) is 12.5. The number of hydrogen-bond acceptors (Lipinski definition) is 2. The number of anilines is 1. The van der Waals surface area contributed by atoms with E-state index in [1.807, 2.05) is 6.07 Å². The van der Waals surface area contributed by atoms with Gasteiger partial charge in [-0.2, -0.15) is 0 Å². The molecule has 1 aliphatic carbocycles. The van der Waals surface area contributed by atoms with Crippen molar-refractivity contribution in [1.29, 1.82) is 0 Å². The summed E-state index contributed by atoms with van der Waals surface area (Å²) in [7, 11) is 0. The summed E-state index contributed by atoms with van der Waals surface area (Å²) in [6, 6.07) is 8.31. The van der Waals surface area contributed by atoms with Crippen molar-refractivity contribution in [3.63, 3.8) is 0 Å². The van der Waals surface area contributed by atoms with Gasteiger partial charge in [0.25, 0.3) is 0 Å². The van der Waals surface area contributed by atoms with E-state index in [1.165, 1.54) is 24.1 Å². The van der Waals surface area contributed by atoms with Crippen LogP contribution < -0.4 is 5.32 Å². The SMILES string of the molecule is CCN(CC1CC1)C(=O)C1CNc2ccccc2C1. The Kier molecular flexibility index (Phi) is 3.45. The summed E-state index contributed by atoms with van der Waals surface area (Å²) in [6.07, 6.45) is 3.48. The maximum atomic E-state index is 12.6. The summed E-state index contributed by atoms with van der Waals surface area (Å²) < 4.78 is 0. The van der Waals surface area contributed by atoms with Gasteiger partial charge in [0.2, 0.25) is 5.91 Å². The molecule has 3 nitrogen and oxygen atoms in total. The van der Waals surface area contributed by atoms with Gasteiger partial charge < -0.3 is 10.2 Å². The van der Waals surface area contributed by atoms with Gasteiger partial charge in [0.05, 0.1) is 5.92 Å². The fourth-order valence-electron chi connectivity index (χ4n) is 2.86. The van der Waals surface area contributed by atoms with Crippen LogP contribution in [-0.4, -0.2) is 30.4 Å². The third-order valence-corrected chi connectivity index (χ3v) is 4.24. The average Bonchev–Trinajstić information content (AvgIpc) is 3.27. The lowest BCUT2D eigenvalue weighted by molar-refractivity contribution is -0.135. The van der Waals surface area contributed by atoms with Gasteiger partial charge >= 0.3 is 0 Å². The molecule has 0 aromatic heterocycles. The molecule has 0 radical (unpaired) electrons. The summed E-state index contributed by atoms with van der Waals surface area (Å²) in [5, 5.41) is 3.39. The van der Waals surface area contributed by atoms with Gasteiger partial charge in [-0.1, -0.05) is 18.2 Å². The highest BCUT2D eigenvalue weighted by Crippen LogP contribution is 2.31. The standard InChI is InChI=1S/C16H22N2O/c1-2-18(11-12-7-8-12)16(19)14-9-13-5-3-4-6-15(13)17-10-14/h3-6,12,14,17H,2,7-11H2,1H3. The molecule has 1 unspecified atom stereocenters. The molecule has 1 N–H and O–H groups in total. The van der Waals surface area contributed by atoms with Crippen LogP contribution in [0.3, 0.4) is 0 Å². The Bertz CT molecular complexity index is 468. The number of carbonyl (C=O) groups is 1. The highest BCUT2D eigenvalue weighted by Gasteiger charge is 2.31. The number of rotatable bonds is 4. The molecule has 0 spiro atoms. The molecule has 2 aliphatic rings. The van der Waals surface area contributed by atoms with Crippen LogP contribution in [0.1, 0.15) is 25.3 Å². The smallest absolute Gasteiger partial charge is 0.227 e. The second-order valence-corrected chi connectivity index (χ2v) is 5.76. The number of fused-ring (bicyclic) bond motifs is 1. The van der Waals surface area contributed by atoms with Gasteiger partial charge in [0.1, 0.15) is 0 Å². The quantitative estimate of drug-likeness (QED) is 0.900. The maximum absolute atomic E-state index is 12.6.